The van der Waals surface area contributed by atoms with Crippen molar-refractivity contribution in [1.82, 2.24) is 14.8 Å². The number of hydrogen-bond donors (Lipinski definition) is 1. The lowest BCUT2D eigenvalue weighted by molar-refractivity contribution is 0.0192. The van der Waals surface area contributed by atoms with Gasteiger partial charge in [-0.05, 0) is 65.8 Å². The van der Waals surface area contributed by atoms with Crippen molar-refractivity contribution in [3.63, 3.8) is 0 Å². The summed E-state index contributed by atoms with van der Waals surface area (Å²) in [5.41, 5.74) is 2.10. The highest BCUT2D eigenvalue weighted by Crippen LogP contribution is 2.39. The summed E-state index contributed by atoms with van der Waals surface area (Å²) in [5.74, 6) is 0.0366. The van der Waals surface area contributed by atoms with Gasteiger partial charge in [-0.3, -0.25) is 14.7 Å². The summed E-state index contributed by atoms with van der Waals surface area (Å²) >= 11 is 0. The molecule has 1 aromatic heterocycles. The molecule has 0 spiro atoms. The molecule has 5 nitrogen and oxygen atoms in total. The van der Waals surface area contributed by atoms with Crippen molar-refractivity contribution in [1.29, 1.82) is 0 Å². The molecule has 2 aliphatic heterocycles. The first-order valence-electron chi connectivity index (χ1n) is 12.9. The summed E-state index contributed by atoms with van der Waals surface area (Å²) in [7, 11) is 0. The number of halogens is 1. The van der Waals surface area contributed by atoms with E-state index < -0.39 is 11.8 Å². The summed E-state index contributed by atoms with van der Waals surface area (Å²) in [5, 5.41) is 12.9. The molecule has 3 heterocycles. The zero-order valence-electron chi connectivity index (χ0n) is 20.0. The van der Waals surface area contributed by atoms with Crippen LogP contribution in [-0.4, -0.2) is 51.0 Å². The molecule has 0 bridgehead atoms. The molecule has 1 N–H and O–H groups in total. The van der Waals surface area contributed by atoms with Gasteiger partial charge in [0, 0.05) is 37.9 Å². The van der Waals surface area contributed by atoms with E-state index in [0.717, 1.165) is 53.1 Å². The van der Waals surface area contributed by atoms with E-state index in [2.05, 4.69) is 28.1 Å². The van der Waals surface area contributed by atoms with Gasteiger partial charge in [0.05, 0.1) is 17.8 Å². The number of pyridine rings is 1. The molecule has 1 amide bonds. The average molecular weight is 474 g/mol. The van der Waals surface area contributed by atoms with Gasteiger partial charge in [0.15, 0.2) is 5.67 Å². The van der Waals surface area contributed by atoms with Gasteiger partial charge in [-0.2, -0.15) is 0 Å². The lowest BCUT2D eigenvalue weighted by Gasteiger charge is -2.36. The first-order valence-corrected chi connectivity index (χ1v) is 12.9. The number of piperidine rings is 1. The summed E-state index contributed by atoms with van der Waals surface area (Å²) in [4.78, 5) is 22.0. The summed E-state index contributed by atoms with van der Waals surface area (Å²) < 4.78 is 15.6. The smallest absolute Gasteiger partial charge is 0.254 e. The van der Waals surface area contributed by atoms with Crippen molar-refractivity contribution >= 4 is 16.7 Å². The van der Waals surface area contributed by atoms with Crippen molar-refractivity contribution in [2.75, 3.05) is 13.1 Å². The Morgan fingerprint density at radius 3 is 2.51 bits per heavy atom. The molecule has 3 aromatic rings. The number of hydrogen-bond acceptors (Lipinski definition) is 4. The Morgan fingerprint density at radius 2 is 1.77 bits per heavy atom. The predicted octanol–water partition coefficient (Wildman–Crippen LogP) is 4.95. The molecule has 2 fully saturated rings. The Labute approximate surface area is 205 Å². The minimum Gasteiger partial charge on any atom is -0.391 e. The van der Waals surface area contributed by atoms with E-state index >= 15 is 4.39 Å². The van der Waals surface area contributed by atoms with Crippen LogP contribution in [0.3, 0.4) is 0 Å². The van der Waals surface area contributed by atoms with E-state index in [0.29, 0.717) is 44.7 Å². The molecule has 2 atom stereocenters. The fraction of sp³-hybridized carbons (Fsp3) is 0.448. The number of likely N-dealkylation sites (tertiary alicyclic amines) is 1. The van der Waals surface area contributed by atoms with Crippen LogP contribution in [0.2, 0.25) is 0 Å². The molecule has 1 saturated carbocycles. The summed E-state index contributed by atoms with van der Waals surface area (Å²) in [6, 6.07) is 15.7. The van der Waals surface area contributed by atoms with Crippen LogP contribution in [0, 0.1) is 0 Å². The molecule has 0 radical (unpaired) electrons. The van der Waals surface area contributed by atoms with Gasteiger partial charge < -0.3 is 10.0 Å². The van der Waals surface area contributed by atoms with E-state index in [1.165, 1.54) is 0 Å². The van der Waals surface area contributed by atoms with Crippen LogP contribution < -0.4 is 0 Å². The van der Waals surface area contributed by atoms with Crippen LogP contribution >= 0.6 is 0 Å². The zero-order valence-corrected chi connectivity index (χ0v) is 20.0. The molecule has 6 rings (SSSR count). The van der Waals surface area contributed by atoms with Crippen molar-refractivity contribution < 1.29 is 14.3 Å². The van der Waals surface area contributed by atoms with Crippen LogP contribution in [0.1, 0.15) is 65.7 Å². The number of alkyl halides is 1. The fourth-order valence-corrected chi connectivity index (χ4v) is 6.31. The molecule has 6 heteroatoms. The Hall–Kier alpha value is -2.83. The lowest BCUT2D eigenvalue weighted by atomic mass is 9.89. The van der Waals surface area contributed by atoms with Crippen LogP contribution in [0.25, 0.3) is 10.8 Å². The molecule has 2 aromatic carbocycles. The molecule has 3 aliphatic rings. The minimum absolute atomic E-state index is 0.0366. The van der Waals surface area contributed by atoms with E-state index in [-0.39, 0.29) is 11.9 Å². The Morgan fingerprint density at radius 1 is 1.03 bits per heavy atom. The molecule has 182 valence electrons. The number of carbonyl (C=O) groups excluding carboxylic acids is 1. The maximum absolute atomic E-state index is 15.6. The quantitative estimate of drug-likeness (QED) is 0.582. The van der Waals surface area contributed by atoms with Crippen LogP contribution in [0.15, 0.2) is 54.7 Å². The SMILES string of the molecule is O=C1c2cc(CN3CCC(F)(c4ccccn4)CC3)c3ccccc3c2CN1C1CCCCC1O. The van der Waals surface area contributed by atoms with Gasteiger partial charge in [0.2, 0.25) is 0 Å². The maximum atomic E-state index is 15.6. The van der Waals surface area contributed by atoms with Crippen LogP contribution in [0.5, 0.6) is 0 Å². The first kappa shape index (κ1) is 22.6. The Kier molecular flexibility index (Phi) is 5.81. The van der Waals surface area contributed by atoms with Gasteiger partial charge in [0.25, 0.3) is 5.91 Å². The molecule has 35 heavy (non-hydrogen) atoms. The average Bonchev–Trinajstić information content (AvgIpc) is 3.22. The second kappa shape index (κ2) is 8.99. The normalized spacial score (nSPS) is 24.6. The Bertz CT molecular complexity index is 1240. The maximum Gasteiger partial charge on any atom is 0.254 e. The van der Waals surface area contributed by atoms with Crippen molar-refractivity contribution in [3.05, 3.63) is 77.1 Å². The third-order valence-corrected chi connectivity index (χ3v) is 8.32. The number of nitrogens with zero attached hydrogens (tertiary/aromatic N) is 3. The topological polar surface area (TPSA) is 56.7 Å². The van der Waals surface area contributed by atoms with Gasteiger partial charge in [-0.15, -0.1) is 0 Å². The van der Waals surface area contributed by atoms with Crippen molar-refractivity contribution in [3.8, 4) is 0 Å². The number of aromatic nitrogens is 1. The van der Waals surface area contributed by atoms with E-state index in [1.54, 1.807) is 12.3 Å². The minimum atomic E-state index is -1.38. The van der Waals surface area contributed by atoms with E-state index in [9.17, 15) is 9.90 Å². The summed E-state index contributed by atoms with van der Waals surface area (Å²) in [6.07, 6.45) is 5.75. The van der Waals surface area contributed by atoms with Crippen LogP contribution in [0.4, 0.5) is 4.39 Å². The van der Waals surface area contributed by atoms with Gasteiger partial charge in [-0.25, -0.2) is 4.39 Å². The van der Waals surface area contributed by atoms with Gasteiger partial charge in [-0.1, -0.05) is 43.2 Å². The number of fused-ring (bicyclic) bond motifs is 3. The molecule has 1 aliphatic carbocycles. The first-order chi connectivity index (χ1) is 17.0. The van der Waals surface area contributed by atoms with Gasteiger partial charge in [0.1, 0.15) is 0 Å². The third kappa shape index (κ3) is 4.03. The van der Waals surface area contributed by atoms with Crippen LogP contribution in [-0.2, 0) is 18.8 Å². The number of rotatable bonds is 4. The molecule has 1 saturated heterocycles. The zero-order chi connectivity index (χ0) is 24.0. The standard InChI is InChI=1S/C29H32FN3O2/c30-29(27-11-5-6-14-31-27)12-15-32(16-13-29)18-20-17-23-24(22-8-2-1-7-21(20)22)19-33(28(23)35)25-9-3-4-10-26(25)34/h1-2,5-8,11,14,17,25-26,34H,3-4,9-10,12-13,15-16,18-19H2. The molecular weight excluding hydrogens is 441 g/mol. The van der Waals surface area contributed by atoms with E-state index in [4.69, 9.17) is 0 Å². The number of carbonyl (C=O) groups is 1. The number of aliphatic hydroxyl groups excluding tert-OH is 1. The second-order valence-electron chi connectivity index (χ2n) is 10.4. The highest BCUT2D eigenvalue weighted by molar-refractivity contribution is 6.05. The highest BCUT2D eigenvalue weighted by atomic mass is 19.1. The summed E-state index contributed by atoms with van der Waals surface area (Å²) in [6.45, 7) is 2.54. The van der Waals surface area contributed by atoms with Gasteiger partial charge >= 0.3 is 0 Å². The van der Waals surface area contributed by atoms with Crippen molar-refractivity contribution in [2.45, 2.75) is 69.4 Å². The lowest BCUT2D eigenvalue weighted by Crippen LogP contribution is -2.45. The number of amides is 1. The Balaban J connectivity index is 1.26. The van der Waals surface area contributed by atoms with E-state index in [1.807, 2.05) is 29.2 Å². The number of aliphatic hydroxyl groups is 1. The molecular formula is C29H32FN3O2. The second-order valence-corrected chi connectivity index (χ2v) is 10.4. The highest BCUT2D eigenvalue weighted by Gasteiger charge is 2.40. The van der Waals surface area contributed by atoms with Crippen molar-refractivity contribution in [2.24, 2.45) is 0 Å². The monoisotopic (exact) mass is 473 g/mol. The number of benzene rings is 2. The largest absolute Gasteiger partial charge is 0.391 e. The predicted molar refractivity (Wildman–Crippen MR) is 134 cm³/mol. The molecule has 2 unspecified atom stereocenters. The third-order valence-electron chi connectivity index (χ3n) is 8.32. The fourth-order valence-electron chi connectivity index (χ4n) is 6.31.